The Bertz CT molecular complexity index is 620. The van der Waals surface area contributed by atoms with Crippen LogP contribution in [0.15, 0.2) is 41.8 Å². The van der Waals surface area contributed by atoms with Crippen LogP contribution in [0.1, 0.15) is 16.5 Å². The van der Waals surface area contributed by atoms with E-state index in [0.29, 0.717) is 6.54 Å². The summed E-state index contributed by atoms with van der Waals surface area (Å²) in [5, 5.41) is 14.0. The first-order valence-electron chi connectivity index (χ1n) is 5.99. The second-order valence-electron chi connectivity index (χ2n) is 4.11. The minimum atomic E-state index is -4.79. The molecule has 0 fully saturated rings. The highest BCUT2D eigenvalue weighted by molar-refractivity contribution is 7.09. The fourth-order valence-electron chi connectivity index (χ4n) is 1.78. The van der Waals surface area contributed by atoms with Gasteiger partial charge in [-0.3, -0.25) is 5.32 Å². The zero-order valence-corrected chi connectivity index (χ0v) is 11.5. The highest BCUT2D eigenvalue weighted by Crippen LogP contribution is 2.30. The topological polar surface area (TPSA) is 45.0 Å². The molecule has 1 atom stereocenters. The van der Waals surface area contributed by atoms with Crippen LogP contribution in [-0.2, 0) is 6.54 Å². The first-order chi connectivity index (χ1) is 9.99. The molecular formula is C14H11F3N2OS. The Labute approximate surface area is 123 Å². The van der Waals surface area contributed by atoms with Gasteiger partial charge in [0.2, 0.25) is 0 Å². The molecular weight excluding hydrogens is 301 g/mol. The fourth-order valence-corrected chi connectivity index (χ4v) is 2.43. The van der Waals surface area contributed by atoms with E-state index in [-0.39, 0.29) is 11.3 Å². The highest BCUT2D eigenvalue weighted by Gasteiger charge is 2.32. The molecule has 110 valence electrons. The normalized spacial score (nSPS) is 12.7. The van der Waals surface area contributed by atoms with Crippen molar-refractivity contribution in [3.8, 4) is 11.8 Å². The maximum atomic E-state index is 12.4. The molecule has 0 spiro atoms. The number of benzene rings is 1. The summed E-state index contributed by atoms with van der Waals surface area (Å²) in [6, 6.07) is 10.4. The summed E-state index contributed by atoms with van der Waals surface area (Å²) in [7, 11) is 0. The summed E-state index contributed by atoms with van der Waals surface area (Å²) in [5.74, 6) is -0.366. The predicted molar refractivity (Wildman–Crippen MR) is 72.6 cm³/mol. The van der Waals surface area contributed by atoms with Crippen molar-refractivity contribution in [3.63, 3.8) is 0 Å². The molecule has 0 aliphatic heterocycles. The third-order valence-electron chi connectivity index (χ3n) is 2.65. The zero-order chi connectivity index (χ0) is 15.3. The van der Waals surface area contributed by atoms with Crippen molar-refractivity contribution in [1.82, 2.24) is 5.32 Å². The second-order valence-corrected chi connectivity index (χ2v) is 5.14. The van der Waals surface area contributed by atoms with Gasteiger partial charge in [0.1, 0.15) is 11.8 Å². The largest absolute Gasteiger partial charge is 0.573 e. The lowest BCUT2D eigenvalue weighted by Gasteiger charge is -2.17. The highest BCUT2D eigenvalue weighted by atomic mass is 32.1. The van der Waals surface area contributed by atoms with Crippen LogP contribution in [0.5, 0.6) is 5.75 Å². The van der Waals surface area contributed by atoms with Crippen LogP contribution in [0.3, 0.4) is 0 Å². The molecule has 1 aromatic heterocycles. The van der Waals surface area contributed by atoms with E-state index in [9.17, 15) is 18.4 Å². The molecule has 2 aromatic rings. The Morgan fingerprint density at radius 2 is 2.00 bits per heavy atom. The second kappa shape index (κ2) is 6.61. The van der Waals surface area contributed by atoms with Crippen LogP contribution in [0, 0.1) is 11.3 Å². The Balaban J connectivity index is 2.16. The smallest absolute Gasteiger partial charge is 0.405 e. The molecule has 0 aliphatic carbocycles. The van der Waals surface area contributed by atoms with Crippen molar-refractivity contribution < 1.29 is 17.9 Å². The number of rotatable bonds is 5. The van der Waals surface area contributed by atoms with Crippen LogP contribution < -0.4 is 10.1 Å². The Kier molecular flexibility index (Phi) is 4.83. The van der Waals surface area contributed by atoms with Gasteiger partial charge in [-0.2, -0.15) is 5.26 Å². The molecule has 1 unspecified atom stereocenters. The molecule has 1 aromatic carbocycles. The lowest BCUT2D eigenvalue weighted by atomic mass is 10.1. The quantitative estimate of drug-likeness (QED) is 0.907. The van der Waals surface area contributed by atoms with Crippen LogP contribution in [0.4, 0.5) is 13.2 Å². The third-order valence-corrected chi connectivity index (χ3v) is 3.52. The summed E-state index contributed by atoms with van der Waals surface area (Å²) >= 11 is 1.50. The molecule has 7 heteroatoms. The molecule has 0 saturated heterocycles. The van der Waals surface area contributed by atoms with E-state index in [1.807, 2.05) is 23.6 Å². The number of para-hydroxylation sites is 1. The standard InChI is InChI=1S/C14H11F3N2OS/c15-14(16,17)20-13-6-2-1-5-11(13)12(8-18)19-9-10-4-3-7-21-10/h1-7,12,19H,9H2. The number of ether oxygens (including phenoxy) is 1. The molecule has 3 nitrogen and oxygen atoms in total. The first kappa shape index (κ1) is 15.4. The van der Waals surface area contributed by atoms with Crippen molar-refractivity contribution in [2.45, 2.75) is 18.9 Å². The number of nitrogens with zero attached hydrogens (tertiary/aromatic N) is 1. The van der Waals surface area contributed by atoms with Crippen molar-refractivity contribution in [1.29, 1.82) is 5.26 Å². The number of halogens is 3. The van der Waals surface area contributed by atoms with E-state index < -0.39 is 12.4 Å². The summed E-state index contributed by atoms with van der Waals surface area (Å²) in [4.78, 5) is 0.990. The van der Waals surface area contributed by atoms with E-state index in [1.165, 1.54) is 29.5 Å². The minimum Gasteiger partial charge on any atom is -0.405 e. The van der Waals surface area contributed by atoms with Gasteiger partial charge in [0.15, 0.2) is 0 Å². The van der Waals surface area contributed by atoms with Gasteiger partial charge in [-0.15, -0.1) is 24.5 Å². The van der Waals surface area contributed by atoms with Crippen molar-refractivity contribution in [2.75, 3.05) is 0 Å². The molecule has 0 bridgehead atoms. The first-order valence-corrected chi connectivity index (χ1v) is 6.87. The lowest BCUT2D eigenvalue weighted by molar-refractivity contribution is -0.274. The molecule has 2 rings (SSSR count). The molecule has 0 saturated carbocycles. The van der Waals surface area contributed by atoms with Crippen molar-refractivity contribution in [3.05, 3.63) is 52.2 Å². The Morgan fingerprint density at radius 1 is 1.24 bits per heavy atom. The van der Waals surface area contributed by atoms with Crippen LogP contribution >= 0.6 is 11.3 Å². The number of alkyl halides is 3. The maximum Gasteiger partial charge on any atom is 0.573 e. The fraction of sp³-hybridized carbons (Fsp3) is 0.214. The van der Waals surface area contributed by atoms with Gasteiger partial charge < -0.3 is 4.74 Å². The summed E-state index contributed by atoms with van der Waals surface area (Å²) in [5.41, 5.74) is 0.161. The van der Waals surface area contributed by atoms with Gasteiger partial charge in [0.05, 0.1) is 6.07 Å². The van der Waals surface area contributed by atoms with Gasteiger partial charge in [0, 0.05) is 17.0 Å². The van der Waals surface area contributed by atoms with Crippen molar-refractivity contribution >= 4 is 11.3 Å². The number of hydrogen-bond acceptors (Lipinski definition) is 4. The maximum absolute atomic E-state index is 12.4. The molecule has 0 amide bonds. The van der Waals surface area contributed by atoms with E-state index >= 15 is 0 Å². The monoisotopic (exact) mass is 312 g/mol. The van der Waals surface area contributed by atoms with E-state index in [4.69, 9.17) is 0 Å². The van der Waals surface area contributed by atoms with Gasteiger partial charge >= 0.3 is 6.36 Å². The predicted octanol–water partition coefficient (Wildman–Crippen LogP) is 4.00. The van der Waals surface area contributed by atoms with Gasteiger partial charge in [-0.1, -0.05) is 24.3 Å². The zero-order valence-electron chi connectivity index (χ0n) is 10.7. The Hall–Kier alpha value is -2.04. The molecule has 0 aliphatic rings. The van der Waals surface area contributed by atoms with Gasteiger partial charge in [-0.05, 0) is 17.5 Å². The molecule has 0 radical (unpaired) electrons. The number of nitrogens with one attached hydrogen (secondary N) is 1. The number of thiophene rings is 1. The van der Waals surface area contributed by atoms with Crippen LogP contribution in [0.2, 0.25) is 0 Å². The minimum absolute atomic E-state index is 0.161. The average molecular weight is 312 g/mol. The van der Waals surface area contributed by atoms with E-state index in [0.717, 1.165) is 4.88 Å². The molecule has 1 N–H and O–H groups in total. The van der Waals surface area contributed by atoms with Crippen LogP contribution in [0.25, 0.3) is 0 Å². The summed E-state index contributed by atoms with van der Waals surface area (Å²) in [6.45, 7) is 0.399. The van der Waals surface area contributed by atoms with Gasteiger partial charge in [0.25, 0.3) is 0 Å². The molecule has 21 heavy (non-hydrogen) atoms. The number of nitriles is 1. The summed E-state index contributed by atoms with van der Waals surface area (Å²) in [6.07, 6.45) is -4.79. The van der Waals surface area contributed by atoms with Crippen molar-refractivity contribution in [2.24, 2.45) is 0 Å². The van der Waals surface area contributed by atoms with Crippen LogP contribution in [-0.4, -0.2) is 6.36 Å². The molecule has 1 heterocycles. The van der Waals surface area contributed by atoms with Gasteiger partial charge in [-0.25, -0.2) is 0 Å². The number of hydrogen-bond donors (Lipinski definition) is 1. The Morgan fingerprint density at radius 3 is 2.62 bits per heavy atom. The SMILES string of the molecule is N#CC(NCc1cccs1)c1ccccc1OC(F)(F)F. The van der Waals surface area contributed by atoms with E-state index in [1.54, 1.807) is 6.07 Å². The third kappa shape index (κ3) is 4.48. The van der Waals surface area contributed by atoms with E-state index in [2.05, 4.69) is 10.1 Å². The lowest BCUT2D eigenvalue weighted by Crippen LogP contribution is -2.22. The average Bonchev–Trinajstić information content (AvgIpc) is 2.92. The summed E-state index contributed by atoms with van der Waals surface area (Å²) < 4.78 is 41.1.